The predicted molar refractivity (Wildman–Crippen MR) is 85.6 cm³/mol. The number of carbonyl (C=O) groups excluding carboxylic acids is 2. The SMILES string of the molecule is CC(=O)CCC(=O)Nc1ccc(N2CCC(C)CC2)cc1. The number of benzene rings is 1. The molecule has 0 aliphatic carbocycles. The Hall–Kier alpha value is -1.84. The molecule has 1 fully saturated rings. The first-order chi connectivity index (χ1) is 10.0. The molecule has 0 radical (unpaired) electrons. The van der Waals surface area contributed by atoms with Gasteiger partial charge < -0.3 is 15.0 Å². The van der Waals surface area contributed by atoms with E-state index in [4.69, 9.17) is 0 Å². The number of hydrogen-bond acceptors (Lipinski definition) is 3. The van der Waals surface area contributed by atoms with E-state index in [2.05, 4.69) is 29.3 Å². The van der Waals surface area contributed by atoms with Crippen LogP contribution in [0.3, 0.4) is 0 Å². The molecule has 0 aromatic heterocycles. The molecular weight excluding hydrogens is 264 g/mol. The molecule has 1 amide bonds. The first kappa shape index (κ1) is 15.5. The van der Waals surface area contributed by atoms with Crippen molar-refractivity contribution in [3.63, 3.8) is 0 Å². The van der Waals surface area contributed by atoms with Gasteiger partial charge in [0.05, 0.1) is 0 Å². The Bertz CT molecular complexity index is 488. The Labute approximate surface area is 126 Å². The van der Waals surface area contributed by atoms with E-state index in [9.17, 15) is 9.59 Å². The van der Waals surface area contributed by atoms with Gasteiger partial charge in [-0.2, -0.15) is 0 Å². The summed E-state index contributed by atoms with van der Waals surface area (Å²) < 4.78 is 0. The standard InChI is InChI=1S/C17H24N2O2/c1-13-9-11-19(12-10-13)16-6-4-15(5-7-16)18-17(21)8-3-14(2)20/h4-7,13H,3,8-12H2,1-2H3,(H,18,21). The van der Waals surface area contributed by atoms with Gasteiger partial charge in [-0.05, 0) is 49.9 Å². The first-order valence-corrected chi connectivity index (χ1v) is 7.69. The van der Waals surface area contributed by atoms with Gasteiger partial charge in [-0.1, -0.05) is 6.92 Å². The van der Waals surface area contributed by atoms with Gasteiger partial charge in [-0.15, -0.1) is 0 Å². The Morgan fingerprint density at radius 3 is 2.33 bits per heavy atom. The maximum absolute atomic E-state index is 11.7. The normalized spacial score (nSPS) is 15.8. The van der Waals surface area contributed by atoms with E-state index in [0.29, 0.717) is 6.42 Å². The molecule has 0 saturated carbocycles. The molecule has 1 aliphatic heterocycles. The van der Waals surface area contributed by atoms with Crippen molar-refractivity contribution in [2.75, 3.05) is 23.3 Å². The molecule has 1 aromatic rings. The summed E-state index contributed by atoms with van der Waals surface area (Å²) >= 11 is 0. The van der Waals surface area contributed by atoms with Crippen molar-refractivity contribution in [2.24, 2.45) is 5.92 Å². The van der Waals surface area contributed by atoms with Crippen LogP contribution in [0.1, 0.15) is 39.5 Å². The third-order valence-corrected chi connectivity index (χ3v) is 4.00. The summed E-state index contributed by atoms with van der Waals surface area (Å²) in [5.41, 5.74) is 2.00. The van der Waals surface area contributed by atoms with Gasteiger partial charge in [0.1, 0.15) is 5.78 Å². The highest BCUT2D eigenvalue weighted by atomic mass is 16.2. The summed E-state index contributed by atoms with van der Waals surface area (Å²) in [6.45, 7) is 6.01. The monoisotopic (exact) mass is 288 g/mol. The average molecular weight is 288 g/mol. The molecular formula is C17H24N2O2. The molecule has 1 aromatic carbocycles. The van der Waals surface area contributed by atoms with Crippen LogP contribution in [0.4, 0.5) is 11.4 Å². The number of Topliss-reactive ketones (excluding diaryl/α,β-unsaturated/α-hetero) is 1. The molecule has 114 valence electrons. The van der Waals surface area contributed by atoms with Gasteiger partial charge in [-0.25, -0.2) is 0 Å². The highest BCUT2D eigenvalue weighted by molar-refractivity contribution is 5.93. The number of amides is 1. The summed E-state index contributed by atoms with van der Waals surface area (Å²) in [6.07, 6.45) is 3.03. The third kappa shape index (κ3) is 4.88. The number of piperidine rings is 1. The van der Waals surface area contributed by atoms with Crippen molar-refractivity contribution in [1.29, 1.82) is 0 Å². The zero-order valence-electron chi connectivity index (χ0n) is 12.9. The van der Waals surface area contributed by atoms with Gasteiger partial charge in [0, 0.05) is 37.3 Å². The van der Waals surface area contributed by atoms with Crippen molar-refractivity contribution in [1.82, 2.24) is 0 Å². The topological polar surface area (TPSA) is 49.4 Å². The fourth-order valence-electron chi connectivity index (χ4n) is 2.54. The van der Waals surface area contributed by atoms with Crippen LogP contribution in [0, 0.1) is 5.92 Å². The molecule has 1 N–H and O–H groups in total. The van der Waals surface area contributed by atoms with Crippen LogP contribution in [0.15, 0.2) is 24.3 Å². The molecule has 21 heavy (non-hydrogen) atoms. The number of rotatable bonds is 5. The number of anilines is 2. The van der Waals surface area contributed by atoms with E-state index in [1.165, 1.54) is 25.5 Å². The number of nitrogens with zero attached hydrogens (tertiary/aromatic N) is 1. The second kappa shape index (κ2) is 7.25. The lowest BCUT2D eigenvalue weighted by Crippen LogP contribution is -2.32. The summed E-state index contributed by atoms with van der Waals surface area (Å²) in [4.78, 5) is 24.9. The highest BCUT2D eigenvalue weighted by Gasteiger charge is 2.15. The zero-order chi connectivity index (χ0) is 15.2. The van der Waals surface area contributed by atoms with E-state index in [1.54, 1.807) is 0 Å². The molecule has 4 heteroatoms. The van der Waals surface area contributed by atoms with E-state index in [1.807, 2.05) is 12.1 Å². The minimum absolute atomic E-state index is 0.0415. The van der Waals surface area contributed by atoms with Crippen molar-refractivity contribution in [2.45, 2.75) is 39.5 Å². The maximum atomic E-state index is 11.7. The van der Waals surface area contributed by atoms with E-state index in [-0.39, 0.29) is 18.1 Å². The quantitative estimate of drug-likeness (QED) is 0.905. The number of ketones is 1. The lowest BCUT2D eigenvalue weighted by atomic mass is 9.99. The van der Waals surface area contributed by atoms with Crippen LogP contribution >= 0.6 is 0 Å². The van der Waals surface area contributed by atoms with Gasteiger partial charge in [0.25, 0.3) is 0 Å². The number of nitrogens with one attached hydrogen (secondary N) is 1. The lowest BCUT2D eigenvalue weighted by Gasteiger charge is -2.32. The lowest BCUT2D eigenvalue weighted by molar-refractivity contribution is -0.121. The van der Waals surface area contributed by atoms with Crippen LogP contribution in [-0.2, 0) is 9.59 Å². The molecule has 0 atom stereocenters. The van der Waals surface area contributed by atoms with E-state index < -0.39 is 0 Å². The smallest absolute Gasteiger partial charge is 0.224 e. The second-order valence-electron chi connectivity index (χ2n) is 5.97. The van der Waals surface area contributed by atoms with Crippen LogP contribution in [0.2, 0.25) is 0 Å². The maximum Gasteiger partial charge on any atom is 0.224 e. The van der Waals surface area contributed by atoms with Gasteiger partial charge in [0.2, 0.25) is 5.91 Å². The predicted octanol–water partition coefficient (Wildman–Crippen LogP) is 3.23. The Morgan fingerprint density at radius 1 is 1.14 bits per heavy atom. The average Bonchev–Trinajstić information content (AvgIpc) is 2.47. The molecule has 1 saturated heterocycles. The fourth-order valence-corrected chi connectivity index (χ4v) is 2.54. The molecule has 0 bridgehead atoms. The molecule has 0 unspecified atom stereocenters. The Morgan fingerprint density at radius 2 is 1.76 bits per heavy atom. The summed E-state index contributed by atoms with van der Waals surface area (Å²) in [5.74, 6) is 0.755. The molecule has 4 nitrogen and oxygen atoms in total. The molecule has 0 spiro atoms. The van der Waals surface area contributed by atoms with Crippen LogP contribution in [0.25, 0.3) is 0 Å². The molecule has 1 heterocycles. The van der Waals surface area contributed by atoms with Gasteiger partial charge >= 0.3 is 0 Å². The summed E-state index contributed by atoms with van der Waals surface area (Å²) in [7, 11) is 0. The second-order valence-corrected chi connectivity index (χ2v) is 5.97. The summed E-state index contributed by atoms with van der Waals surface area (Å²) in [5, 5.41) is 2.82. The third-order valence-electron chi connectivity index (χ3n) is 4.00. The Kier molecular flexibility index (Phi) is 5.37. The van der Waals surface area contributed by atoms with Crippen molar-refractivity contribution < 1.29 is 9.59 Å². The minimum atomic E-state index is -0.107. The van der Waals surface area contributed by atoms with Crippen molar-refractivity contribution in [3.8, 4) is 0 Å². The summed E-state index contributed by atoms with van der Waals surface area (Å²) in [6, 6.07) is 7.96. The first-order valence-electron chi connectivity index (χ1n) is 7.69. The fraction of sp³-hybridized carbons (Fsp3) is 0.529. The van der Waals surface area contributed by atoms with E-state index in [0.717, 1.165) is 24.7 Å². The van der Waals surface area contributed by atoms with Gasteiger partial charge in [0.15, 0.2) is 0 Å². The molecule has 1 aliphatic rings. The highest BCUT2D eigenvalue weighted by Crippen LogP contribution is 2.24. The van der Waals surface area contributed by atoms with Crippen LogP contribution < -0.4 is 10.2 Å². The Balaban J connectivity index is 1.87. The molecule has 2 rings (SSSR count). The zero-order valence-corrected chi connectivity index (χ0v) is 12.9. The van der Waals surface area contributed by atoms with E-state index >= 15 is 0 Å². The van der Waals surface area contributed by atoms with Crippen LogP contribution in [0.5, 0.6) is 0 Å². The number of carbonyl (C=O) groups is 2. The van der Waals surface area contributed by atoms with Crippen molar-refractivity contribution >= 4 is 23.1 Å². The number of hydrogen-bond donors (Lipinski definition) is 1. The van der Waals surface area contributed by atoms with Crippen molar-refractivity contribution in [3.05, 3.63) is 24.3 Å². The largest absolute Gasteiger partial charge is 0.372 e. The van der Waals surface area contributed by atoms with Gasteiger partial charge in [-0.3, -0.25) is 4.79 Å². The minimum Gasteiger partial charge on any atom is -0.372 e. The van der Waals surface area contributed by atoms with Crippen LogP contribution in [-0.4, -0.2) is 24.8 Å².